The number of carbonyl (C=O) groups excluding carboxylic acids is 2. The SMILES string of the molecule is C=C(C)OC(=O)N1C[C@H](Oc2cc(OCC)nc3c(C)c(OC)ccc23)C[C@H]1C(=O)NC. The van der Waals surface area contributed by atoms with Gasteiger partial charge in [0, 0.05) is 30.5 Å². The van der Waals surface area contributed by atoms with Crippen LogP contribution in [0.2, 0.25) is 0 Å². The molecule has 1 aromatic carbocycles. The molecule has 32 heavy (non-hydrogen) atoms. The van der Waals surface area contributed by atoms with E-state index in [0.717, 1.165) is 10.9 Å². The van der Waals surface area contributed by atoms with Crippen LogP contribution < -0.4 is 19.5 Å². The van der Waals surface area contributed by atoms with Crippen LogP contribution in [0.1, 0.15) is 25.8 Å². The van der Waals surface area contributed by atoms with Gasteiger partial charge < -0.3 is 24.3 Å². The maximum Gasteiger partial charge on any atom is 0.415 e. The minimum atomic E-state index is -0.710. The number of rotatable bonds is 7. The van der Waals surface area contributed by atoms with Crippen LogP contribution in [0, 0.1) is 6.92 Å². The summed E-state index contributed by atoms with van der Waals surface area (Å²) in [5, 5.41) is 3.38. The second-order valence-corrected chi connectivity index (χ2v) is 7.51. The van der Waals surface area contributed by atoms with E-state index in [0.29, 0.717) is 35.9 Å². The van der Waals surface area contributed by atoms with Crippen molar-refractivity contribution in [3.8, 4) is 17.4 Å². The van der Waals surface area contributed by atoms with E-state index in [4.69, 9.17) is 18.9 Å². The molecular formula is C23H29N3O6. The van der Waals surface area contributed by atoms with Crippen LogP contribution in [0.3, 0.4) is 0 Å². The van der Waals surface area contributed by atoms with E-state index >= 15 is 0 Å². The lowest BCUT2D eigenvalue weighted by atomic mass is 10.1. The zero-order valence-corrected chi connectivity index (χ0v) is 19.1. The Kier molecular flexibility index (Phi) is 7.07. The van der Waals surface area contributed by atoms with E-state index in [2.05, 4.69) is 16.9 Å². The molecule has 0 saturated carbocycles. The monoisotopic (exact) mass is 443 g/mol. The van der Waals surface area contributed by atoms with Crippen LogP contribution in [0.5, 0.6) is 17.4 Å². The number of nitrogens with zero attached hydrogens (tertiary/aromatic N) is 2. The number of methoxy groups -OCH3 is 1. The van der Waals surface area contributed by atoms with Gasteiger partial charge in [0.25, 0.3) is 0 Å². The van der Waals surface area contributed by atoms with Gasteiger partial charge >= 0.3 is 6.09 Å². The lowest BCUT2D eigenvalue weighted by molar-refractivity contribution is -0.124. The van der Waals surface area contributed by atoms with Crippen molar-refractivity contribution in [1.29, 1.82) is 0 Å². The van der Waals surface area contributed by atoms with E-state index in [-0.39, 0.29) is 18.2 Å². The molecule has 1 saturated heterocycles. The number of likely N-dealkylation sites (tertiary alicyclic amines) is 1. The second kappa shape index (κ2) is 9.76. The fraction of sp³-hybridized carbons (Fsp3) is 0.435. The topological polar surface area (TPSA) is 99.2 Å². The lowest BCUT2D eigenvalue weighted by Crippen LogP contribution is -2.45. The molecule has 0 radical (unpaired) electrons. The molecule has 0 spiro atoms. The molecule has 2 heterocycles. The first-order valence-electron chi connectivity index (χ1n) is 10.4. The summed E-state index contributed by atoms with van der Waals surface area (Å²) in [5.74, 6) is 1.65. The Bertz CT molecular complexity index is 1040. The van der Waals surface area contributed by atoms with Gasteiger partial charge in [-0.2, -0.15) is 0 Å². The summed E-state index contributed by atoms with van der Waals surface area (Å²) in [4.78, 5) is 30.9. The van der Waals surface area contributed by atoms with E-state index in [9.17, 15) is 9.59 Å². The number of likely N-dealkylation sites (N-methyl/N-ethyl adjacent to an activating group) is 1. The number of amides is 2. The van der Waals surface area contributed by atoms with Crippen molar-refractivity contribution in [3.05, 3.63) is 36.1 Å². The van der Waals surface area contributed by atoms with Gasteiger partial charge in [0.1, 0.15) is 23.6 Å². The average molecular weight is 444 g/mol. The number of aromatic nitrogens is 1. The van der Waals surface area contributed by atoms with E-state index in [1.165, 1.54) is 11.9 Å². The Morgan fingerprint density at radius 2 is 2.06 bits per heavy atom. The molecule has 2 amide bonds. The van der Waals surface area contributed by atoms with Crippen molar-refractivity contribution in [1.82, 2.24) is 15.2 Å². The molecule has 1 aliphatic rings. The third-order valence-corrected chi connectivity index (χ3v) is 5.24. The largest absolute Gasteiger partial charge is 0.496 e. The summed E-state index contributed by atoms with van der Waals surface area (Å²) in [5.41, 5.74) is 1.56. The molecule has 1 aromatic heterocycles. The highest BCUT2D eigenvalue weighted by molar-refractivity contribution is 5.90. The lowest BCUT2D eigenvalue weighted by Gasteiger charge is -2.22. The first-order valence-corrected chi connectivity index (χ1v) is 10.4. The van der Waals surface area contributed by atoms with Crippen LogP contribution in [-0.4, -0.2) is 61.3 Å². The number of fused-ring (bicyclic) bond motifs is 1. The summed E-state index contributed by atoms with van der Waals surface area (Å²) in [7, 11) is 3.13. The first-order chi connectivity index (χ1) is 15.3. The fourth-order valence-corrected chi connectivity index (χ4v) is 3.78. The highest BCUT2D eigenvalue weighted by Gasteiger charge is 2.41. The molecule has 172 valence electrons. The normalized spacial score (nSPS) is 17.7. The quantitative estimate of drug-likeness (QED) is 0.656. The summed E-state index contributed by atoms with van der Waals surface area (Å²) >= 11 is 0. The van der Waals surface area contributed by atoms with Crippen LogP contribution in [-0.2, 0) is 9.53 Å². The number of benzene rings is 1. The maximum atomic E-state index is 12.5. The number of hydrogen-bond donors (Lipinski definition) is 1. The molecule has 3 rings (SSSR count). The van der Waals surface area contributed by atoms with E-state index in [1.54, 1.807) is 20.1 Å². The highest BCUT2D eigenvalue weighted by atomic mass is 16.6. The van der Waals surface area contributed by atoms with Gasteiger partial charge in [0.15, 0.2) is 0 Å². The van der Waals surface area contributed by atoms with Gasteiger partial charge in [-0.1, -0.05) is 6.58 Å². The molecular weight excluding hydrogens is 414 g/mol. The van der Waals surface area contributed by atoms with E-state index in [1.807, 2.05) is 26.0 Å². The van der Waals surface area contributed by atoms with Gasteiger partial charge in [-0.25, -0.2) is 9.78 Å². The zero-order valence-electron chi connectivity index (χ0n) is 19.1. The molecule has 1 aliphatic heterocycles. The first kappa shape index (κ1) is 23.2. The minimum absolute atomic E-state index is 0.188. The number of carbonyl (C=O) groups is 2. The summed E-state index contributed by atoms with van der Waals surface area (Å²) in [6, 6.07) is 4.74. The molecule has 1 N–H and O–H groups in total. The Balaban J connectivity index is 1.95. The fourth-order valence-electron chi connectivity index (χ4n) is 3.78. The molecule has 0 aliphatic carbocycles. The Hall–Kier alpha value is -3.49. The van der Waals surface area contributed by atoms with Crippen molar-refractivity contribution < 1.29 is 28.5 Å². The Morgan fingerprint density at radius 3 is 2.69 bits per heavy atom. The number of hydrogen-bond acceptors (Lipinski definition) is 7. The molecule has 1 fully saturated rings. The van der Waals surface area contributed by atoms with Gasteiger partial charge in [-0.15, -0.1) is 0 Å². The zero-order chi connectivity index (χ0) is 23.4. The van der Waals surface area contributed by atoms with Crippen LogP contribution in [0.15, 0.2) is 30.5 Å². The maximum absolute atomic E-state index is 12.5. The predicted molar refractivity (Wildman–Crippen MR) is 119 cm³/mol. The number of nitrogens with one attached hydrogen (secondary N) is 1. The van der Waals surface area contributed by atoms with Gasteiger partial charge in [0.2, 0.25) is 11.8 Å². The summed E-state index contributed by atoms with van der Waals surface area (Å²) in [6.45, 7) is 9.60. The molecule has 0 unspecified atom stereocenters. The number of ether oxygens (including phenoxy) is 4. The molecule has 2 aromatic rings. The summed E-state index contributed by atoms with van der Waals surface area (Å²) in [6.07, 6.45) is -0.752. The van der Waals surface area contributed by atoms with E-state index < -0.39 is 18.2 Å². The third kappa shape index (κ3) is 4.71. The smallest absolute Gasteiger partial charge is 0.415 e. The average Bonchev–Trinajstić information content (AvgIpc) is 3.18. The number of aryl methyl sites for hydroxylation is 1. The molecule has 9 heteroatoms. The van der Waals surface area contributed by atoms with Crippen molar-refractivity contribution >= 4 is 22.9 Å². The Morgan fingerprint density at radius 1 is 1.31 bits per heavy atom. The second-order valence-electron chi connectivity index (χ2n) is 7.51. The molecule has 9 nitrogen and oxygen atoms in total. The number of allylic oxidation sites excluding steroid dienone is 1. The van der Waals surface area contributed by atoms with Crippen molar-refractivity contribution in [3.63, 3.8) is 0 Å². The van der Waals surface area contributed by atoms with Gasteiger partial charge in [0.05, 0.1) is 31.5 Å². The number of pyridine rings is 1. The van der Waals surface area contributed by atoms with Crippen molar-refractivity contribution in [2.75, 3.05) is 27.3 Å². The highest BCUT2D eigenvalue weighted by Crippen LogP contribution is 2.36. The van der Waals surface area contributed by atoms with Crippen LogP contribution in [0.4, 0.5) is 4.79 Å². The standard InChI is InChI=1S/C23H29N3O6/c1-7-30-20-11-19(16-8-9-18(29-6)14(4)21(16)25-20)32-15-10-17(22(27)24-5)26(12-15)23(28)31-13(2)3/h8-9,11,15,17H,2,7,10,12H2,1,3-6H3,(H,24,27)/t15-,17+/m1/s1. The van der Waals surface area contributed by atoms with Gasteiger partial charge in [-0.3, -0.25) is 9.69 Å². The Labute approximate surface area is 187 Å². The third-order valence-electron chi connectivity index (χ3n) is 5.24. The predicted octanol–water partition coefficient (Wildman–Crippen LogP) is 3.19. The van der Waals surface area contributed by atoms with Crippen molar-refractivity contribution in [2.45, 2.75) is 39.3 Å². The van der Waals surface area contributed by atoms with Crippen LogP contribution in [0.25, 0.3) is 10.9 Å². The van der Waals surface area contributed by atoms with Gasteiger partial charge in [-0.05, 0) is 32.9 Å². The van der Waals surface area contributed by atoms with Crippen molar-refractivity contribution in [2.24, 2.45) is 0 Å². The minimum Gasteiger partial charge on any atom is -0.496 e. The molecule has 0 bridgehead atoms. The van der Waals surface area contributed by atoms with Crippen LogP contribution >= 0.6 is 0 Å². The summed E-state index contributed by atoms with van der Waals surface area (Å²) < 4.78 is 22.5. The molecule has 2 atom stereocenters.